The van der Waals surface area contributed by atoms with E-state index in [4.69, 9.17) is 13.9 Å². The fourth-order valence-corrected chi connectivity index (χ4v) is 5.19. The topological polar surface area (TPSA) is 104 Å². The number of fused-ring (bicyclic) bond motifs is 1. The minimum atomic E-state index is -3.62. The molecular weight excluding hydrogens is 422 g/mol. The second-order valence-electron chi connectivity index (χ2n) is 7.34. The molecule has 0 saturated carbocycles. The minimum Gasteiger partial charge on any atom is -0.466 e. The number of benzene rings is 1. The number of rotatable bonds is 6. The van der Waals surface area contributed by atoms with Gasteiger partial charge in [-0.05, 0) is 45.0 Å². The quantitative estimate of drug-likeness (QED) is 0.535. The molecule has 3 aromatic rings. The van der Waals surface area contributed by atoms with Crippen LogP contribution in [0.15, 0.2) is 33.6 Å². The zero-order valence-electron chi connectivity index (χ0n) is 17.8. The normalized spacial score (nSPS) is 15.5. The maximum atomic E-state index is 13.0. The van der Waals surface area contributed by atoms with Crippen molar-refractivity contribution in [2.45, 2.75) is 38.8 Å². The van der Waals surface area contributed by atoms with Gasteiger partial charge in [0.05, 0.1) is 29.1 Å². The Hall–Kier alpha value is -2.69. The van der Waals surface area contributed by atoms with Crippen molar-refractivity contribution in [2.24, 2.45) is 0 Å². The Morgan fingerprint density at radius 2 is 1.94 bits per heavy atom. The van der Waals surface area contributed by atoms with Crippen molar-refractivity contribution in [1.82, 2.24) is 13.9 Å². The molecule has 1 fully saturated rings. The molecule has 0 atom stereocenters. The van der Waals surface area contributed by atoms with Crippen molar-refractivity contribution in [2.75, 3.05) is 26.3 Å². The number of morpholine rings is 1. The van der Waals surface area contributed by atoms with E-state index in [1.807, 2.05) is 11.5 Å². The molecule has 0 radical (unpaired) electrons. The lowest BCUT2D eigenvalue weighted by atomic mass is 10.2. The standard InChI is InChI=1S/C21H25N3O6S/c1-4-24-19-6-5-16(31(26,27)23-7-9-28-10-8-23)12-18(19)22-20(24)13-29-21(25)17-11-14(2)30-15(17)3/h5-6,11-12H,4,7-10,13H2,1-3H3. The Balaban J connectivity index is 1.60. The van der Waals surface area contributed by atoms with E-state index in [1.54, 1.807) is 38.1 Å². The zero-order chi connectivity index (χ0) is 22.2. The summed E-state index contributed by atoms with van der Waals surface area (Å²) in [6.45, 7) is 7.43. The molecule has 0 aliphatic carbocycles. The molecule has 0 spiro atoms. The van der Waals surface area contributed by atoms with Crippen molar-refractivity contribution in [3.05, 3.63) is 47.2 Å². The van der Waals surface area contributed by atoms with E-state index >= 15 is 0 Å². The molecule has 0 N–H and O–H groups in total. The lowest BCUT2D eigenvalue weighted by Crippen LogP contribution is -2.40. The molecule has 1 aliphatic heterocycles. The number of ether oxygens (including phenoxy) is 2. The highest BCUT2D eigenvalue weighted by Crippen LogP contribution is 2.24. The van der Waals surface area contributed by atoms with Gasteiger partial charge >= 0.3 is 5.97 Å². The van der Waals surface area contributed by atoms with Crippen molar-refractivity contribution >= 4 is 27.0 Å². The highest BCUT2D eigenvalue weighted by molar-refractivity contribution is 7.89. The predicted molar refractivity (Wildman–Crippen MR) is 112 cm³/mol. The highest BCUT2D eigenvalue weighted by Gasteiger charge is 2.27. The van der Waals surface area contributed by atoms with Crippen LogP contribution in [-0.2, 0) is 32.6 Å². The van der Waals surface area contributed by atoms with Crippen molar-refractivity contribution in [3.8, 4) is 0 Å². The molecule has 0 unspecified atom stereocenters. The van der Waals surface area contributed by atoms with Crippen molar-refractivity contribution in [1.29, 1.82) is 0 Å². The first kappa shape index (κ1) is 21.5. The summed E-state index contributed by atoms with van der Waals surface area (Å²) in [6.07, 6.45) is 0. The van der Waals surface area contributed by atoms with Gasteiger partial charge in [-0.25, -0.2) is 18.2 Å². The molecule has 1 saturated heterocycles. The number of carbonyl (C=O) groups excluding carboxylic acids is 1. The second kappa shape index (κ2) is 8.45. The van der Waals surface area contributed by atoms with Crippen LogP contribution in [0, 0.1) is 13.8 Å². The van der Waals surface area contributed by atoms with Crippen molar-refractivity contribution < 1.29 is 27.1 Å². The first-order valence-electron chi connectivity index (χ1n) is 10.1. The van der Waals surface area contributed by atoms with Gasteiger partial charge in [0, 0.05) is 19.6 Å². The Morgan fingerprint density at radius 3 is 2.58 bits per heavy atom. The fourth-order valence-electron chi connectivity index (χ4n) is 3.76. The van der Waals surface area contributed by atoms with Crippen LogP contribution in [0.1, 0.15) is 34.6 Å². The average Bonchev–Trinajstić information content (AvgIpc) is 3.30. The molecule has 1 aromatic carbocycles. The van der Waals surface area contributed by atoms with E-state index in [-0.39, 0.29) is 11.5 Å². The summed E-state index contributed by atoms with van der Waals surface area (Å²) in [5, 5.41) is 0. The van der Waals surface area contributed by atoms with E-state index in [9.17, 15) is 13.2 Å². The molecule has 31 heavy (non-hydrogen) atoms. The Bertz CT molecular complexity index is 1220. The number of esters is 1. The predicted octanol–water partition coefficient (Wildman–Crippen LogP) is 2.64. The van der Waals surface area contributed by atoms with E-state index in [0.717, 1.165) is 5.52 Å². The molecule has 1 aliphatic rings. The second-order valence-corrected chi connectivity index (χ2v) is 9.28. The van der Waals surface area contributed by atoms with Crippen molar-refractivity contribution in [3.63, 3.8) is 0 Å². The van der Waals surface area contributed by atoms with Crippen LogP contribution in [0.25, 0.3) is 11.0 Å². The first-order valence-corrected chi connectivity index (χ1v) is 11.6. The maximum absolute atomic E-state index is 13.0. The van der Waals surface area contributed by atoms with Gasteiger partial charge in [0.15, 0.2) is 0 Å². The number of nitrogens with zero attached hydrogens (tertiary/aromatic N) is 3. The Labute approximate surface area is 180 Å². The Kier molecular flexibility index (Phi) is 5.87. The number of aryl methyl sites for hydroxylation is 3. The third-order valence-electron chi connectivity index (χ3n) is 5.32. The summed E-state index contributed by atoms with van der Waals surface area (Å²) in [5.74, 6) is 1.20. The lowest BCUT2D eigenvalue weighted by molar-refractivity contribution is 0.0456. The summed E-state index contributed by atoms with van der Waals surface area (Å²) in [5.41, 5.74) is 1.71. The third kappa shape index (κ3) is 4.10. The lowest BCUT2D eigenvalue weighted by Gasteiger charge is -2.26. The highest BCUT2D eigenvalue weighted by atomic mass is 32.2. The summed E-state index contributed by atoms with van der Waals surface area (Å²) < 4.78 is 45.3. The van der Waals surface area contributed by atoms with Gasteiger partial charge in [0.1, 0.15) is 29.5 Å². The average molecular weight is 448 g/mol. The van der Waals surface area contributed by atoms with E-state index < -0.39 is 16.0 Å². The molecule has 4 rings (SSSR count). The van der Waals surface area contributed by atoms with Crippen LogP contribution < -0.4 is 0 Å². The molecule has 3 heterocycles. The smallest absolute Gasteiger partial charge is 0.342 e. The fraction of sp³-hybridized carbons (Fsp3) is 0.429. The SMILES string of the molecule is CCn1c(COC(=O)c2cc(C)oc2C)nc2cc(S(=O)(=O)N3CCOCC3)ccc21. The van der Waals surface area contributed by atoms with Crippen LogP contribution in [-0.4, -0.2) is 54.5 Å². The first-order chi connectivity index (χ1) is 14.8. The van der Waals surface area contributed by atoms with Crippen LogP contribution in [0.2, 0.25) is 0 Å². The molecular formula is C21H25N3O6S. The van der Waals surface area contributed by atoms with Gasteiger partial charge in [-0.1, -0.05) is 0 Å². The number of imidazole rings is 1. The molecule has 10 heteroatoms. The molecule has 166 valence electrons. The van der Waals surface area contributed by atoms with E-state index in [2.05, 4.69) is 4.98 Å². The van der Waals surface area contributed by atoms with Crippen LogP contribution >= 0.6 is 0 Å². The van der Waals surface area contributed by atoms with Gasteiger partial charge < -0.3 is 18.5 Å². The number of sulfonamides is 1. The third-order valence-corrected chi connectivity index (χ3v) is 7.21. The number of furan rings is 1. The summed E-state index contributed by atoms with van der Waals surface area (Å²) in [4.78, 5) is 17.2. The largest absolute Gasteiger partial charge is 0.466 e. The summed E-state index contributed by atoms with van der Waals surface area (Å²) in [7, 11) is -3.62. The van der Waals surface area contributed by atoms with E-state index in [1.165, 1.54) is 4.31 Å². The molecule has 0 bridgehead atoms. The van der Waals surface area contributed by atoms with Gasteiger partial charge in [-0.3, -0.25) is 0 Å². The number of carbonyl (C=O) groups is 1. The summed E-state index contributed by atoms with van der Waals surface area (Å²) >= 11 is 0. The zero-order valence-corrected chi connectivity index (χ0v) is 18.6. The number of hydrogen-bond donors (Lipinski definition) is 0. The monoisotopic (exact) mass is 447 g/mol. The number of aromatic nitrogens is 2. The number of hydrogen-bond acceptors (Lipinski definition) is 7. The van der Waals surface area contributed by atoms with Gasteiger partial charge in [0.2, 0.25) is 10.0 Å². The van der Waals surface area contributed by atoms with Crippen LogP contribution in [0.5, 0.6) is 0 Å². The van der Waals surface area contributed by atoms with Crippen LogP contribution in [0.3, 0.4) is 0 Å². The molecule has 0 amide bonds. The minimum absolute atomic E-state index is 0.0312. The maximum Gasteiger partial charge on any atom is 0.342 e. The van der Waals surface area contributed by atoms with E-state index in [0.29, 0.717) is 61.3 Å². The van der Waals surface area contributed by atoms with Gasteiger partial charge in [0.25, 0.3) is 0 Å². The summed E-state index contributed by atoms with van der Waals surface area (Å²) in [6, 6.07) is 6.55. The molecule has 2 aromatic heterocycles. The van der Waals surface area contributed by atoms with Gasteiger partial charge in [-0.15, -0.1) is 0 Å². The molecule has 9 nitrogen and oxygen atoms in total. The van der Waals surface area contributed by atoms with Gasteiger partial charge in [-0.2, -0.15) is 4.31 Å². The van der Waals surface area contributed by atoms with Crippen LogP contribution in [0.4, 0.5) is 0 Å². The Morgan fingerprint density at radius 1 is 1.19 bits per heavy atom.